The Hall–Kier alpha value is -1.85. The van der Waals surface area contributed by atoms with E-state index in [0.717, 1.165) is 32.6 Å². The number of carbonyl (C=O) groups excluding carboxylic acids is 1. The molecule has 0 radical (unpaired) electrons. The molecule has 1 aliphatic heterocycles. The number of nitrogens with one attached hydrogen (secondary N) is 2. The minimum atomic E-state index is -0.103. The normalized spacial score (nSPS) is 26.5. The van der Waals surface area contributed by atoms with Crippen molar-refractivity contribution in [2.75, 3.05) is 26.2 Å². The van der Waals surface area contributed by atoms with Crippen LogP contribution in [-0.4, -0.2) is 48.3 Å². The third-order valence-corrected chi connectivity index (χ3v) is 5.13. The number of hydrogen-bond donors (Lipinski definition) is 3. The summed E-state index contributed by atoms with van der Waals surface area (Å²) in [5.74, 6) is 0.683. The maximum Gasteiger partial charge on any atom is 0.315 e. The summed E-state index contributed by atoms with van der Waals surface area (Å²) < 4.78 is 0. The highest BCUT2D eigenvalue weighted by molar-refractivity contribution is 5.74. The number of carbonyl (C=O) groups is 1. The topological polar surface area (TPSA) is 64.6 Å². The quantitative estimate of drug-likeness (QED) is 0.694. The largest absolute Gasteiger partial charge is 0.396 e. The fourth-order valence-electron chi connectivity index (χ4n) is 3.78. The zero-order chi connectivity index (χ0) is 17.5. The second-order valence-electron chi connectivity index (χ2n) is 7.25. The zero-order valence-corrected chi connectivity index (χ0v) is 14.7. The molecule has 136 valence electrons. The van der Waals surface area contributed by atoms with Crippen molar-refractivity contribution in [1.29, 1.82) is 0 Å². The van der Waals surface area contributed by atoms with E-state index in [9.17, 15) is 4.79 Å². The van der Waals surface area contributed by atoms with Gasteiger partial charge in [-0.1, -0.05) is 42.5 Å². The minimum absolute atomic E-state index is 0.0399. The van der Waals surface area contributed by atoms with E-state index < -0.39 is 0 Å². The van der Waals surface area contributed by atoms with Crippen LogP contribution in [0.4, 0.5) is 4.79 Å². The molecule has 25 heavy (non-hydrogen) atoms. The summed E-state index contributed by atoms with van der Waals surface area (Å²) in [6, 6.07) is 10.5. The molecule has 3 rings (SSSR count). The average Bonchev–Trinajstić information content (AvgIpc) is 3.09. The Morgan fingerprint density at radius 1 is 1.24 bits per heavy atom. The molecule has 1 aliphatic carbocycles. The molecule has 1 saturated heterocycles. The van der Waals surface area contributed by atoms with Gasteiger partial charge in [-0.15, -0.1) is 0 Å². The van der Waals surface area contributed by atoms with Crippen LogP contribution in [0.3, 0.4) is 0 Å². The number of urea groups is 1. The van der Waals surface area contributed by atoms with Gasteiger partial charge in [0.2, 0.25) is 0 Å². The number of piperidine rings is 1. The van der Waals surface area contributed by atoms with Crippen LogP contribution in [-0.2, 0) is 6.54 Å². The lowest BCUT2D eigenvalue weighted by atomic mass is 9.97. The monoisotopic (exact) mass is 343 g/mol. The standard InChI is InChI=1S/C20H29N3O2/c24-15-17-8-9-19(11-17)22-20(25)21-12-18-7-4-10-23(14-18)13-16-5-2-1-3-6-16/h1-3,5-6,8-9,17-19,24H,4,7,10-15H2,(H2,21,22,25)/t17-,18?,19+/m0/s1. The van der Waals surface area contributed by atoms with E-state index in [4.69, 9.17) is 5.11 Å². The van der Waals surface area contributed by atoms with Crippen LogP contribution >= 0.6 is 0 Å². The van der Waals surface area contributed by atoms with Crippen molar-refractivity contribution in [3.8, 4) is 0 Å². The van der Waals surface area contributed by atoms with E-state index in [1.54, 1.807) is 0 Å². The Bertz CT molecular complexity index is 576. The van der Waals surface area contributed by atoms with E-state index in [-0.39, 0.29) is 24.6 Å². The smallest absolute Gasteiger partial charge is 0.315 e. The molecule has 2 amide bonds. The van der Waals surface area contributed by atoms with E-state index in [1.807, 2.05) is 18.2 Å². The Morgan fingerprint density at radius 3 is 2.84 bits per heavy atom. The van der Waals surface area contributed by atoms with E-state index in [2.05, 4.69) is 39.8 Å². The maximum absolute atomic E-state index is 12.1. The van der Waals surface area contributed by atoms with E-state index in [0.29, 0.717) is 5.92 Å². The molecule has 1 heterocycles. The number of aliphatic hydroxyl groups excluding tert-OH is 1. The first-order valence-corrected chi connectivity index (χ1v) is 9.32. The van der Waals surface area contributed by atoms with Crippen LogP contribution in [0.15, 0.2) is 42.5 Å². The Labute approximate surface area is 150 Å². The van der Waals surface area contributed by atoms with Crippen molar-refractivity contribution < 1.29 is 9.90 Å². The van der Waals surface area contributed by atoms with Crippen molar-refractivity contribution in [2.45, 2.75) is 31.8 Å². The fourth-order valence-corrected chi connectivity index (χ4v) is 3.78. The molecular weight excluding hydrogens is 314 g/mol. The van der Waals surface area contributed by atoms with Crippen LogP contribution in [0, 0.1) is 11.8 Å². The summed E-state index contributed by atoms with van der Waals surface area (Å²) in [5, 5.41) is 15.1. The van der Waals surface area contributed by atoms with Gasteiger partial charge in [-0.25, -0.2) is 4.79 Å². The first-order valence-electron chi connectivity index (χ1n) is 9.32. The van der Waals surface area contributed by atoms with Crippen molar-refractivity contribution in [2.24, 2.45) is 11.8 Å². The molecule has 1 fully saturated rings. The summed E-state index contributed by atoms with van der Waals surface area (Å²) in [6.45, 7) is 4.02. The van der Waals surface area contributed by atoms with Gasteiger partial charge in [-0.2, -0.15) is 0 Å². The van der Waals surface area contributed by atoms with Gasteiger partial charge in [0.05, 0.1) is 0 Å². The van der Waals surface area contributed by atoms with Crippen LogP contribution in [0.1, 0.15) is 24.8 Å². The molecular formula is C20H29N3O2. The number of hydrogen-bond acceptors (Lipinski definition) is 3. The van der Waals surface area contributed by atoms with Crippen molar-refractivity contribution in [3.05, 3.63) is 48.0 Å². The maximum atomic E-state index is 12.1. The number of nitrogens with zero attached hydrogens (tertiary/aromatic N) is 1. The van der Waals surface area contributed by atoms with Gasteiger partial charge in [0.15, 0.2) is 0 Å². The predicted molar refractivity (Wildman–Crippen MR) is 99.1 cm³/mol. The molecule has 1 unspecified atom stereocenters. The lowest BCUT2D eigenvalue weighted by Gasteiger charge is -2.33. The second kappa shape index (κ2) is 9.02. The number of amides is 2. The van der Waals surface area contributed by atoms with Crippen molar-refractivity contribution in [1.82, 2.24) is 15.5 Å². The van der Waals surface area contributed by atoms with Gasteiger partial charge in [-0.05, 0) is 37.3 Å². The molecule has 1 aromatic rings. The number of rotatable bonds is 6. The molecule has 2 aliphatic rings. The molecule has 3 atom stereocenters. The highest BCUT2D eigenvalue weighted by Gasteiger charge is 2.22. The van der Waals surface area contributed by atoms with Gasteiger partial charge in [0, 0.05) is 38.2 Å². The highest BCUT2D eigenvalue weighted by Crippen LogP contribution is 2.19. The number of aliphatic hydroxyl groups is 1. The lowest BCUT2D eigenvalue weighted by Crippen LogP contribution is -2.45. The highest BCUT2D eigenvalue weighted by atomic mass is 16.3. The first kappa shape index (κ1) is 18.0. The fraction of sp³-hybridized carbons (Fsp3) is 0.550. The molecule has 5 nitrogen and oxygen atoms in total. The van der Waals surface area contributed by atoms with Crippen LogP contribution in [0.25, 0.3) is 0 Å². The SMILES string of the molecule is O=C(NCC1CCCN(Cc2ccccc2)C1)N[C@@H]1C=C[C@H](CO)C1. The summed E-state index contributed by atoms with van der Waals surface area (Å²) in [6.07, 6.45) is 7.10. The van der Waals surface area contributed by atoms with Gasteiger partial charge in [0.25, 0.3) is 0 Å². The third kappa shape index (κ3) is 5.58. The lowest BCUT2D eigenvalue weighted by molar-refractivity contribution is 0.165. The Balaban J connectivity index is 1.38. The summed E-state index contributed by atoms with van der Waals surface area (Å²) in [5.41, 5.74) is 1.35. The van der Waals surface area contributed by atoms with Crippen LogP contribution in [0.2, 0.25) is 0 Å². The third-order valence-electron chi connectivity index (χ3n) is 5.13. The first-order chi connectivity index (χ1) is 12.2. The molecule has 0 aromatic heterocycles. The van der Waals surface area contributed by atoms with Gasteiger partial charge < -0.3 is 15.7 Å². The predicted octanol–water partition coefficient (Wildman–Crippen LogP) is 2.13. The average molecular weight is 343 g/mol. The zero-order valence-electron chi connectivity index (χ0n) is 14.7. The van der Waals surface area contributed by atoms with Gasteiger partial charge in [0.1, 0.15) is 0 Å². The van der Waals surface area contributed by atoms with Gasteiger partial charge >= 0.3 is 6.03 Å². The Morgan fingerprint density at radius 2 is 2.08 bits per heavy atom. The Kier molecular flexibility index (Phi) is 6.48. The number of likely N-dealkylation sites (tertiary alicyclic amines) is 1. The molecule has 3 N–H and O–H groups in total. The molecule has 5 heteroatoms. The summed E-state index contributed by atoms with van der Waals surface area (Å²) >= 11 is 0. The van der Waals surface area contributed by atoms with Crippen molar-refractivity contribution >= 4 is 6.03 Å². The molecule has 1 aromatic carbocycles. The number of benzene rings is 1. The van der Waals surface area contributed by atoms with E-state index >= 15 is 0 Å². The van der Waals surface area contributed by atoms with Crippen molar-refractivity contribution in [3.63, 3.8) is 0 Å². The van der Waals surface area contributed by atoms with E-state index in [1.165, 1.54) is 18.4 Å². The molecule has 0 bridgehead atoms. The molecule has 0 saturated carbocycles. The van der Waals surface area contributed by atoms with Gasteiger partial charge in [-0.3, -0.25) is 4.90 Å². The van der Waals surface area contributed by atoms with Crippen LogP contribution < -0.4 is 10.6 Å². The summed E-state index contributed by atoms with van der Waals surface area (Å²) in [7, 11) is 0. The molecule has 0 spiro atoms. The minimum Gasteiger partial charge on any atom is -0.396 e. The van der Waals surface area contributed by atoms with Crippen LogP contribution in [0.5, 0.6) is 0 Å². The second-order valence-corrected chi connectivity index (χ2v) is 7.25. The summed E-state index contributed by atoms with van der Waals surface area (Å²) in [4.78, 5) is 14.6.